The van der Waals surface area contributed by atoms with E-state index in [0.717, 1.165) is 11.0 Å². The van der Waals surface area contributed by atoms with Gasteiger partial charge in [-0.1, -0.05) is 19.4 Å². The molecular formula is C15H18F2N2O2. The Morgan fingerprint density at radius 1 is 1.33 bits per heavy atom. The summed E-state index contributed by atoms with van der Waals surface area (Å²) in [4.78, 5) is 25.2. The number of nitrogens with one attached hydrogen (secondary N) is 1. The molecule has 0 bridgehead atoms. The minimum Gasteiger partial charge on any atom is -0.344 e. The summed E-state index contributed by atoms with van der Waals surface area (Å²) in [7, 11) is 0. The van der Waals surface area contributed by atoms with Gasteiger partial charge in [0.1, 0.15) is 17.5 Å². The molecule has 2 amide bonds. The molecule has 0 radical (unpaired) electrons. The Kier molecular flexibility index (Phi) is 4.55. The lowest BCUT2D eigenvalue weighted by Gasteiger charge is -2.25. The average molecular weight is 296 g/mol. The Balaban J connectivity index is 2.44. The molecule has 0 aliphatic carbocycles. The highest BCUT2D eigenvalue weighted by molar-refractivity contribution is 6.01. The van der Waals surface area contributed by atoms with Crippen molar-refractivity contribution < 1.29 is 18.4 Å². The van der Waals surface area contributed by atoms with Crippen LogP contribution < -0.4 is 10.2 Å². The number of halogens is 2. The largest absolute Gasteiger partial charge is 0.344 e. The van der Waals surface area contributed by atoms with Crippen LogP contribution in [-0.2, 0) is 9.59 Å². The summed E-state index contributed by atoms with van der Waals surface area (Å²) in [5.74, 6) is -2.30. The second-order valence-corrected chi connectivity index (χ2v) is 5.18. The monoisotopic (exact) mass is 296 g/mol. The van der Waals surface area contributed by atoms with Crippen LogP contribution in [0.4, 0.5) is 14.5 Å². The Bertz CT molecular complexity index is 575. The number of nitrogens with zero attached hydrogens (tertiary/aromatic N) is 1. The highest BCUT2D eigenvalue weighted by Gasteiger charge is 2.33. The summed E-state index contributed by atoms with van der Waals surface area (Å²) in [6.45, 7) is 3.36. The van der Waals surface area contributed by atoms with E-state index in [1.165, 1.54) is 13.0 Å². The van der Waals surface area contributed by atoms with E-state index >= 15 is 0 Å². The molecule has 1 saturated heterocycles. The first kappa shape index (κ1) is 15.4. The van der Waals surface area contributed by atoms with Crippen molar-refractivity contribution in [3.8, 4) is 0 Å². The van der Waals surface area contributed by atoms with Gasteiger partial charge in [-0.05, 0) is 25.0 Å². The number of rotatable bonds is 3. The number of carbonyl (C=O) groups excluding carboxylic acids is 2. The maximum atomic E-state index is 14.2. The molecule has 1 aliphatic rings. The number of anilines is 1. The zero-order chi connectivity index (χ0) is 15.6. The zero-order valence-corrected chi connectivity index (χ0v) is 12.1. The van der Waals surface area contributed by atoms with Crippen LogP contribution >= 0.6 is 0 Å². The van der Waals surface area contributed by atoms with E-state index in [1.807, 2.05) is 6.92 Å². The minimum atomic E-state index is -0.795. The number of aryl methyl sites for hydroxylation is 1. The molecule has 1 heterocycles. The van der Waals surface area contributed by atoms with Gasteiger partial charge in [0.15, 0.2) is 5.82 Å². The first-order chi connectivity index (χ1) is 9.95. The summed E-state index contributed by atoms with van der Waals surface area (Å²) in [6, 6.07) is 1.73. The summed E-state index contributed by atoms with van der Waals surface area (Å²) in [5.41, 5.74) is -0.104. The van der Waals surface area contributed by atoms with Gasteiger partial charge in [-0.25, -0.2) is 8.78 Å². The van der Waals surface area contributed by atoms with Crippen LogP contribution in [0.3, 0.4) is 0 Å². The number of amides is 2. The van der Waals surface area contributed by atoms with Gasteiger partial charge in [0, 0.05) is 13.0 Å². The minimum absolute atomic E-state index is 0.0256. The van der Waals surface area contributed by atoms with Crippen LogP contribution in [0.25, 0.3) is 0 Å². The van der Waals surface area contributed by atoms with Crippen molar-refractivity contribution in [2.24, 2.45) is 0 Å². The van der Waals surface area contributed by atoms with Gasteiger partial charge >= 0.3 is 0 Å². The second-order valence-electron chi connectivity index (χ2n) is 5.18. The SMILES string of the molecule is CCCC1NC(=O)CCN(c2c(F)ccc(C)c2F)C1=O. The summed E-state index contributed by atoms with van der Waals surface area (Å²) in [6.07, 6.45) is 1.15. The van der Waals surface area contributed by atoms with E-state index in [4.69, 9.17) is 0 Å². The molecule has 6 heteroatoms. The number of hydrogen-bond acceptors (Lipinski definition) is 2. The van der Waals surface area contributed by atoms with E-state index < -0.39 is 23.6 Å². The Morgan fingerprint density at radius 3 is 2.71 bits per heavy atom. The topological polar surface area (TPSA) is 49.4 Å². The van der Waals surface area contributed by atoms with E-state index in [0.29, 0.717) is 12.8 Å². The van der Waals surface area contributed by atoms with Gasteiger partial charge in [-0.2, -0.15) is 0 Å². The quantitative estimate of drug-likeness (QED) is 0.930. The predicted molar refractivity (Wildman–Crippen MR) is 74.9 cm³/mol. The third-order valence-electron chi connectivity index (χ3n) is 3.57. The van der Waals surface area contributed by atoms with Gasteiger partial charge in [0.05, 0.1) is 0 Å². The molecule has 4 nitrogen and oxygen atoms in total. The van der Waals surface area contributed by atoms with Crippen LogP contribution in [-0.4, -0.2) is 24.4 Å². The maximum Gasteiger partial charge on any atom is 0.249 e. The molecule has 0 saturated carbocycles. The maximum absolute atomic E-state index is 14.2. The van der Waals surface area contributed by atoms with Crippen molar-refractivity contribution in [1.82, 2.24) is 5.32 Å². The molecule has 1 atom stereocenters. The zero-order valence-electron chi connectivity index (χ0n) is 12.1. The van der Waals surface area contributed by atoms with Crippen LogP contribution in [0.15, 0.2) is 12.1 Å². The van der Waals surface area contributed by atoms with Crippen molar-refractivity contribution in [3.63, 3.8) is 0 Å². The average Bonchev–Trinajstić information content (AvgIpc) is 2.57. The fourth-order valence-electron chi connectivity index (χ4n) is 2.44. The lowest BCUT2D eigenvalue weighted by molar-refractivity contribution is -0.125. The number of carbonyl (C=O) groups is 2. The van der Waals surface area contributed by atoms with Gasteiger partial charge in [-0.15, -0.1) is 0 Å². The summed E-state index contributed by atoms with van der Waals surface area (Å²) >= 11 is 0. The molecule has 1 aromatic carbocycles. The molecule has 1 aromatic rings. The molecule has 1 fully saturated rings. The van der Waals surface area contributed by atoms with Crippen molar-refractivity contribution in [3.05, 3.63) is 29.3 Å². The van der Waals surface area contributed by atoms with Crippen LogP contribution in [0.1, 0.15) is 31.7 Å². The van der Waals surface area contributed by atoms with E-state index in [-0.39, 0.29) is 30.1 Å². The third kappa shape index (κ3) is 3.04. The molecule has 2 rings (SSSR count). The fraction of sp³-hybridized carbons (Fsp3) is 0.467. The molecule has 1 aliphatic heterocycles. The molecule has 1 N–H and O–H groups in total. The van der Waals surface area contributed by atoms with E-state index in [1.54, 1.807) is 0 Å². The van der Waals surface area contributed by atoms with Gasteiger partial charge in [-0.3, -0.25) is 9.59 Å². The molecule has 1 unspecified atom stereocenters. The Morgan fingerprint density at radius 2 is 2.05 bits per heavy atom. The van der Waals surface area contributed by atoms with Crippen LogP contribution in [0, 0.1) is 18.6 Å². The summed E-state index contributed by atoms with van der Waals surface area (Å²) in [5, 5.41) is 2.61. The highest BCUT2D eigenvalue weighted by atomic mass is 19.1. The van der Waals surface area contributed by atoms with Crippen molar-refractivity contribution >= 4 is 17.5 Å². The smallest absolute Gasteiger partial charge is 0.249 e. The Hall–Kier alpha value is -1.98. The van der Waals surface area contributed by atoms with Crippen molar-refractivity contribution in [2.75, 3.05) is 11.4 Å². The Labute approximate surface area is 122 Å². The van der Waals surface area contributed by atoms with Crippen LogP contribution in [0.2, 0.25) is 0 Å². The standard InChI is InChI=1S/C15H18F2N2O2/c1-3-4-11-15(21)19(8-7-12(20)18-11)14-10(16)6-5-9(2)13(14)17/h5-6,11H,3-4,7-8H2,1-2H3,(H,18,20). The van der Waals surface area contributed by atoms with Gasteiger partial charge in [0.2, 0.25) is 11.8 Å². The van der Waals surface area contributed by atoms with Crippen LogP contribution in [0.5, 0.6) is 0 Å². The molecular weight excluding hydrogens is 278 g/mol. The van der Waals surface area contributed by atoms with Crippen molar-refractivity contribution in [2.45, 2.75) is 39.2 Å². The molecule has 0 spiro atoms. The number of hydrogen-bond donors (Lipinski definition) is 1. The van der Waals surface area contributed by atoms with Gasteiger partial charge < -0.3 is 10.2 Å². The first-order valence-corrected chi connectivity index (χ1v) is 7.01. The number of benzene rings is 1. The lowest BCUT2D eigenvalue weighted by Crippen LogP contribution is -2.45. The normalized spacial score (nSPS) is 19.4. The summed E-state index contributed by atoms with van der Waals surface area (Å²) < 4.78 is 28.2. The van der Waals surface area contributed by atoms with E-state index in [9.17, 15) is 18.4 Å². The third-order valence-corrected chi connectivity index (χ3v) is 3.57. The molecule has 21 heavy (non-hydrogen) atoms. The molecule has 0 aromatic heterocycles. The predicted octanol–water partition coefficient (Wildman–Crippen LogP) is 2.29. The molecule has 114 valence electrons. The highest BCUT2D eigenvalue weighted by Crippen LogP contribution is 2.28. The van der Waals surface area contributed by atoms with Gasteiger partial charge in [0.25, 0.3) is 0 Å². The van der Waals surface area contributed by atoms with E-state index in [2.05, 4.69) is 5.32 Å². The second kappa shape index (κ2) is 6.20. The lowest BCUT2D eigenvalue weighted by atomic mass is 10.1. The van der Waals surface area contributed by atoms with Crippen molar-refractivity contribution in [1.29, 1.82) is 0 Å². The first-order valence-electron chi connectivity index (χ1n) is 7.01. The fourth-order valence-corrected chi connectivity index (χ4v) is 2.44.